The van der Waals surface area contributed by atoms with Crippen LogP contribution >= 0.6 is 11.3 Å². The maximum absolute atomic E-state index is 13.3. The molecule has 0 saturated carbocycles. The summed E-state index contributed by atoms with van der Waals surface area (Å²) in [5.74, 6) is 1.01. The fourth-order valence-corrected chi connectivity index (χ4v) is 4.36. The summed E-state index contributed by atoms with van der Waals surface area (Å²) >= 11 is 1.36. The Hall–Kier alpha value is -4.30. The summed E-state index contributed by atoms with van der Waals surface area (Å²) in [4.78, 5) is 26.8. The molecular formula is C26H20N4O3S. The second kappa shape index (κ2) is 9.29. The number of hydrogen-bond acceptors (Lipinski definition) is 7. The van der Waals surface area contributed by atoms with Crippen molar-refractivity contribution in [2.45, 2.75) is 0 Å². The number of ether oxygens (including phenoxy) is 2. The zero-order valence-electron chi connectivity index (χ0n) is 18.5. The van der Waals surface area contributed by atoms with Crippen LogP contribution in [0.2, 0.25) is 0 Å². The molecule has 0 saturated heterocycles. The van der Waals surface area contributed by atoms with Crippen molar-refractivity contribution in [3.8, 4) is 34.0 Å². The van der Waals surface area contributed by atoms with Gasteiger partial charge >= 0.3 is 0 Å². The molecule has 7 nitrogen and oxygen atoms in total. The summed E-state index contributed by atoms with van der Waals surface area (Å²) in [6.07, 6.45) is 3.44. The van der Waals surface area contributed by atoms with E-state index < -0.39 is 0 Å². The lowest BCUT2D eigenvalue weighted by molar-refractivity contribution is 0.102. The highest BCUT2D eigenvalue weighted by Gasteiger charge is 2.16. The summed E-state index contributed by atoms with van der Waals surface area (Å²) in [5.41, 5.74) is 4.38. The molecule has 3 heterocycles. The van der Waals surface area contributed by atoms with E-state index in [1.165, 1.54) is 11.3 Å². The molecule has 0 atom stereocenters. The lowest BCUT2D eigenvalue weighted by atomic mass is 10.0. The molecular weight excluding hydrogens is 448 g/mol. The molecule has 2 aromatic carbocycles. The largest absolute Gasteiger partial charge is 0.493 e. The van der Waals surface area contributed by atoms with Crippen LogP contribution in [0, 0.1) is 0 Å². The van der Waals surface area contributed by atoms with Gasteiger partial charge in [-0.15, -0.1) is 11.3 Å². The number of carbonyl (C=O) groups excluding carboxylic acids is 1. The van der Waals surface area contributed by atoms with Crippen molar-refractivity contribution in [3.63, 3.8) is 0 Å². The van der Waals surface area contributed by atoms with Gasteiger partial charge in [-0.05, 0) is 42.5 Å². The van der Waals surface area contributed by atoms with Gasteiger partial charge in [0, 0.05) is 34.3 Å². The van der Waals surface area contributed by atoms with Crippen LogP contribution in [0.1, 0.15) is 10.4 Å². The number of amides is 1. The summed E-state index contributed by atoms with van der Waals surface area (Å²) in [5, 5.41) is 6.10. The predicted octanol–water partition coefficient (Wildman–Crippen LogP) is 5.69. The number of methoxy groups -OCH3 is 2. The predicted molar refractivity (Wildman–Crippen MR) is 134 cm³/mol. The third-order valence-corrected chi connectivity index (χ3v) is 6.08. The van der Waals surface area contributed by atoms with E-state index >= 15 is 0 Å². The fraction of sp³-hybridized carbons (Fsp3) is 0.0769. The average molecular weight is 469 g/mol. The van der Waals surface area contributed by atoms with E-state index in [4.69, 9.17) is 14.5 Å². The number of aromatic nitrogens is 3. The molecule has 8 heteroatoms. The number of nitrogens with one attached hydrogen (secondary N) is 1. The highest BCUT2D eigenvalue weighted by molar-refractivity contribution is 7.14. The van der Waals surface area contributed by atoms with Crippen molar-refractivity contribution in [1.82, 2.24) is 15.0 Å². The van der Waals surface area contributed by atoms with E-state index in [9.17, 15) is 4.79 Å². The Kier molecular flexibility index (Phi) is 5.88. The van der Waals surface area contributed by atoms with Crippen molar-refractivity contribution < 1.29 is 14.3 Å². The number of fused-ring (bicyclic) bond motifs is 1. The molecule has 3 aromatic heterocycles. The average Bonchev–Trinajstić information content (AvgIpc) is 3.36. The quantitative estimate of drug-likeness (QED) is 0.345. The zero-order valence-corrected chi connectivity index (χ0v) is 19.3. The highest BCUT2D eigenvalue weighted by atomic mass is 32.1. The molecule has 0 spiro atoms. The third kappa shape index (κ3) is 4.18. The molecule has 168 valence electrons. The van der Waals surface area contributed by atoms with E-state index in [0.717, 1.165) is 27.7 Å². The normalized spacial score (nSPS) is 10.8. The summed E-state index contributed by atoms with van der Waals surface area (Å²) in [6, 6.07) is 18.7. The first kappa shape index (κ1) is 21.5. The monoisotopic (exact) mass is 468 g/mol. The maximum Gasteiger partial charge on any atom is 0.258 e. The van der Waals surface area contributed by atoms with Crippen LogP contribution in [0.4, 0.5) is 5.13 Å². The highest BCUT2D eigenvalue weighted by Crippen LogP contribution is 2.34. The van der Waals surface area contributed by atoms with Crippen molar-refractivity contribution in [1.29, 1.82) is 0 Å². The van der Waals surface area contributed by atoms with Crippen molar-refractivity contribution in [3.05, 3.63) is 84.0 Å². The molecule has 0 radical (unpaired) electrons. The SMILES string of the molecule is COc1ccc(-c2csc(NC(=O)c3cc(-c4cccnc4)nc4ccccc34)n2)cc1OC. The van der Waals surface area contributed by atoms with Gasteiger partial charge in [-0.1, -0.05) is 18.2 Å². The number of anilines is 1. The third-order valence-electron chi connectivity index (χ3n) is 5.32. The standard InChI is InChI=1S/C26H20N4O3S/c1-32-23-10-9-16(12-24(23)33-2)22-15-34-26(29-22)30-25(31)19-13-21(17-6-5-11-27-14-17)28-20-8-4-3-7-18(19)20/h3-15H,1-2H3,(H,29,30,31). The van der Waals surface area contributed by atoms with Gasteiger partial charge in [-0.3, -0.25) is 15.1 Å². The van der Waals surface area contributed by atoms with Gasteiger partial charge in [-0.2, -0.15) is 0 Å². The van der Waals surface area contributed by atoms with Crippen LogP contribution in [-0.4, -0.2) is 35.1 Å². The Bertz CT molecular complexity index is 1480. The molecule has 1 amide bonds. The molecule has 5 aromatic rings. The molecule has 0 bridgehead atoms. The van der Waals surface area contributed by atoms with E-state index in [2.05, 4.69) is 15.3 Å². The Labute approximate surface area is 200 Å². The molecule has 1 N–H and O–H groups in total. The fourth-order valence-electron chi connectivity index (χ4n) is 3.65. The topological polar surface area (TPSA) is 86.2 Å². The van der Waals surface area contributed by atoms with Crippen molar-refractivity contribution in [2.75, 3.05) is 19.5 Å². The van der Waals surface area contributed by atoms with Gasteiger partial charge in [0.15, 0.2) is 16.6 Å². The minimum atomic E-state index is -0.253. The summed E-state index contributed by atoms with van der Waals surface area (Å²) in [6.45, 7) is 0. The first-order valence-electron chi connectivity index (χ1n) is 10.5. The number of benzene rings is 2. The number of para-hydroxylation sites is 1. The van der Waals surface area contributed by atoms with Crippen LogP contribution in [0.5, 0.6) is 11.5 Å². The molecule has 34 heavy (non-hydrogen) atoms. The number of thiazole rings is 1. The minimum Gasteiger partial charge on any atom is -0.493 e. The molecule has 0 aliphatic heterocycles. The van der Waals surface area contributed by atoms with Crippen LogP contribution in [-0.2, 0) is 0 Å². The lowest BCUT2D eigenvalue weighted by Crippen LogP contribution is -2.13. The Morgan fingerprint density at radius 3 is 2.53 bits per heavy atom. The van der Waals surface area contributed by atoms with Gasteiger partial charge in [-0.25, -0.2) is 9.97 Å². The molecule has 5 rings (SSSR count). The van der Waals surface area contributed by atoms with Gasteiger partial charge in [0.1, 0.15) is 0 Å². The summed E-state index contributed by atoms with van der Waals surface area (Å²) < 4.78 is 10.7. The van der Waals surface area contributed by atoms with Crippen LogP contribution in [0.15, 0.2) is 78.4 Å². The van der Waals surface area contributed by atoms with Gasteiger partial charge in [0.05, 0.1) is 36.7 Å². The van der Waals surface area contributed by atoms with Gasteiger partial charge < -0.3 is 9.47 Å². The van der Waals surface area contributed by atoms with E-state index in [1.54, 1.807) is 32.7 Å². The number of nitrogens with zero attached hydrogens (tertiary/aromatic N) is 3. The molecule has 0 unspecified atom stereocenters. The Balaban J connectivity index is 1.46. The van der Waals surface area contributed by atoms with Crippen molar-refractivity contribution in [2.24, 2.45) is 0 Å². The summed E-state index contributed by atoms with van der Waals surface area (Å²) in [7, 11) is 3.18. The Morgan fingerprint density at radius 1 is 0.882 bits per heavy atom. The zero-order chi connectivity index (χ0) is 23.5. The minimum absolute atomic E-state index is 0.253. The Morgan fingerprint density at radius 2 is 1.74 bits per heavy atom. The van der Waals surface area contributed by atoms with Crippen molar-refractivity contribution >= 4 is 33.3 Å². The molecule has 0 fully saturated rings. The van der Waals surface area contributed by atoms with E-state index in [1.807, 2.05) is 60.0 Å². The van der Waals surface area contributed by atoms with Crippen LogP contribution < -0.4 is 14.8 Å². The maximum atomic E-state index is 13.3. The molecule has 0 aliphatic rings. The first-order chi connectivity index (χ1) is 16.7. The van der Waals surface area contributed by atoms with Gasteiger partial charge in [0.2, 0.25) is 0 Å². The number of rotatable bonds is 6. The van der Waals surface area contributed by atoms with Gasteiger partial charge in [0.25, 0.3) is 5.91 Å². The number of pyridine rings is 2. The smallest absolute Gasteiger partial charge is 0.258 e. The second-order valence-electron chi connectivity index (χ2n) is 7.38. The lowest BCUT2D eigenvalue weighted by Gasteiger charge is -2.09. The van der Waals surface area contributed by atoms with E-state index in [-0.39, 0.29) is 5.91 Å². The second-order valence-corrected chi connectivity index (χ2v) is 8.23. The van der Waals surface area contributed by atoms with E-state index in [0.29, 0.717) is 27.9 Å². The number of hydrogen-bond donors (Lipinski definition) is 1. The number of carbonyl (C=O) groups is 1. The van der Waals surface area contributed by atoms with Crippen LogP contribution in [0.3, 0.4) is 0 Å². The first-order valence-corrected chi connectivity index (χ1v) is 11.3. The van der Waals surface area contributed by atoms with Crippen LogP contribution in [0.25, 0.3) is 33.4 Å². The molecule has 0 aliphatic carbocycles.